The summed E-state index contributed by atoms with van der Waals surface area (Å²) in [6, 6.07) is 9.74. The van der Waals surface area contributed by atoms with Crippen LogP contribution in [-0.4, -0.2) is 72.3 Å². The minimum absolute atomic E-state index is 0.0140. The third kappa shape index (κ3) is 5.63. The van der Waals surface area contributed by atoms with Crippen molar-refractivity contribution in [3.63, 3.8) is 0 Å². The van der Waals surface area contributed by atoms with Crippen LogP contribution in [-0.2, 0) is 14.3 Å². The number of carbonyl (C=O) groups is 1. The molecule has 1 amide bonds. The van der Waals surface area contributed by atoms with Gasteiger partial charge in [0.05, 0.1) is 19.0 Å². The van der Waals surface area contributed by atoms with Gasteiger partial charge < -0.3 is 14.4 Å². The van der Waals surface area contributed by atoms with Crippen LogP contribution in [0.1, 0.15) is 0 Å². The quantitative estimate of drug-likeness (QED) is 0.657. The summed E-state index contributed by atoms with van der Waals surface area (Å²) >= 11 is 1.31. The van der Waals surface area contributed by atoms with E-state index < -0.39 is 0 Å². The van der Waals surface area contributed by atoms with Gasteiger partial charge in [0.1, 0.15) is 0 Å². The lowest BCUT2D eigenvalue weighted by atomic mass is 10.2. The number of aromatic amines is 1. The molecule has 1 aromatic heterocycles. The van der Waals surface area contributed by atoms with E-state index in [2.05, 4.69) is 15.2 Å². The number of nitrogens with one attached hydrogen (secondary N) is 1. The van der Waals surface area contributed by atoms with Crippen LogP contribution in [0.15, 0.2) is 35.5 Å². The SMILES string of the molecule is COCCN(CCOC)C(=O)CSc1n[nH]c(-c2ccccc2)n1. The fourth-order valence-corrected chi connectivity index (χ4v) is 2.72. The van der Waals surface area contributed by atoms with E-state index in [1.54, 1.807) is 19.1 Å². The normalized spacial score (nSPS) is 10.8. The Labute approximate surface area is 145 Å². The van der Waals surface area contributed by atoms with Gasteiger partial charge in [-0.3, -0.25) is 9.89 Å². The first kappa shape index (κ1) is 18.4. The van der Waals surface area contributed by atoms with Crippen LogP contribution in [0.3, 0.4) is 0 Å². The Hall–Kier alpha value is -1.90. The molecule has 0 aliphatic carbocycles. The molecule has 0 fully saturated rings. The van der Waals surface area contributed by atoms with E-state index in [0.717, 1.165) is 5.56 Å². The van der Waals surface area contributed by atoms with Gasteiger partial charge >= 0.3 is 0 Å². The van der Waals surface area contributed by atoms with Crippen LogP contribution in [0.2, 0.25) is 0 Å². The Morgan fingerprint density at radius 2 is 1.83 bits per heavy atom. The number of methoxy groups -OCH3 is 2. The van der Waals surface area contributed by atoms with Crippen LogP contribution < -0.4 is 0 Å². The number of hydrogen-bond acceptors (Lipinski definition) is 6. The maximum Gasteiger partial charge on any atom is 0.233 e. The molecule has 8 heteroatoms. The first-order chi connectivity index (χ1) is 11.7. The molecule has 1 aromatic carbocycles. The number of carbonyl (C=O) groups excluding carboxylic acids is 1. The number of thioether (sulfide) groups is 1. The van der Waals surface area contributed by atoms with Crippen LogP contribution in [0.25, 0.3) is 11.4 Å². The molecule has 0 radical (unpaired) electrons. The molecule has 2 rings (SSSR count). The van der Waals surface area contributed by atoms with Gasteiger partial charge in [0.25, 0.3) is 0 Å². The van der Waals surface area contributed by atoms with E-state index in [9.17, 15) is 4.79 Å². The first-order valence-electron chi connectivity index (χ1n) is 7.61. The van der Waals surface area contributed by atoms with Crippen LogP contribution in [0, 0.1) is 0 Å². The molecule has 7 nitrogen and oxygen atoms in total. The van der Waals surface area contributed by atoms with Crippen molar-refractivity contribution >= 4 is 17.7 Å². The van der Waals surface area contributed by atoms with Gasteiger partial charge in [-0.1, -0.05) is 42.1 Å². The van der Waals surface area contributed by atoms with Crippen LogP contribution >= 0.6 is 11.8 Å². The number of rotatable bonds is 10. The van der Waals surface area contributed by atoms with E-state index in [1.807, 2.05) is 30.3 Å². The lowest BCUT2D eigenvalue weighted by Gasteiger charge is -2.21. The molecule has 0 spiro atoms. The summed E-state index contributed by atoms with van der Waals surface area (Å²) in [7, 11) is 3.24. The Morgan fingerprint density at radius 1 is 1.17 bits per heavy atom. The summed E-state index contributed by atoms with van der Waals surface area (Å²) in [4.78, 5) is 18.5. The van der Waals surface area contributed by atoms with Gasteiger partial charge in [-0.05, 0) is 0 Å². The summed E-state index contributed by atoms with van der Waals surface area (Å²) in [5, 5.41) is 7.61. The molecule has 1 heterocycles. The molecule has 0 bridgehead atoms. The zero-order valence-electron chi connectivity index (χ0n) is 13.9. The summed E-state index contributed by atoms with van der Waals surface area (Å²) in [6.07, 6.45) is 0. The van der Waals surface area contributed by atoms with Gasteiger partial charge in [-0.2, -0.15) is 0 Å². The maximum atomic E-state index is 12.3. The van der Waals surface area contributed by atoms with E-state index in [1.165, 1.54) is 11.8 Å². The minimum Gasteiger partial charge on any atom is -0.383 e. The van der Waals surface area contributed by atoms with Gasteiger partial charge in [-0.15, -0.1) is 5.10 Å². The predicted octanol–water partition coefficient (Wildman–Crippen LogP) is 1.69. The van der Waals surface area contributed by atoms with Crippen molar-refractivity contribution in [1.82, 2.24) is 20.1 Å². The molecule has 2 aromatic rings. The standard InChI is InChI=1S/C16H22N4O3S/c1-22-10-8-20(9-11-23-2)14(21)12-24-16-17-15(18-19-16)13-6-4-3-5-7-13/h3-7H,8-12H2,1-2H3,(H,17,18,19). The van der Waals surface area contributed by atoms with Crippen molar-refractivity contribution in [2.45, 2.75) is 5.16 Å². The number of nitrogens with zero attached hydrogens (tertiary/aromatic N) is 3. The average Bonchev–Trinajstić information content (AvgIpc) is 3.09. The van der Waals surface area contributed by atoms with Crippen LogP contribution in [0.4, 0.5) is 0 Å². The molecule has 0 saturated carbocycles. The lowest BCUT2D eigenvalue weighted by Crippen LogP contribution is -2.37. The Balaban J connectivity index is 1.89. The highest BCUT2D eigenvalue weighted by molar-refractivity contribution is 7.99. The van der Waals surface area contributed by atoms with E-state index >= 15 is 0 Å². The number of aromatic nitrogens is 3. The predicted molar refractivity (Wildman–Crippen MR) is 92.9 cm³/mol. The number of H-pyrrole nitrogens is 1. The monoisotopic (exact) mass is 350 g/mol. The zero-order valence-corrected chi connectivity index (χ0v) is 14.7. The Bertz CT molecular complexity index is 613. The fraction of sp³-hybridized carbons (Fsp3) is 0.438. The highest BCUT2D eigenvalue weighted by Crippen LogP contribution is 2.19. The highest BCUT2D eigenvalue weighted by atomic mass is 32.2. The minimum atomic E-state index is 0.0140. The molecule has 1 N–H and O–H groups in total. The summed E-state index contributed by atoms with van der Waals surface area (Å²) in [5.41, 5.74) is 0.963. The second-order valence-corrected chi connectivity index (χ2v) is 5.93. The summed E-state index contributed by atoms with van der Waals surface area (Å²) < 4.78 is 10.1. The fourth-order valence-electron chi connectivity index (χ4n) is 2.02. The van der Waals surface area contributed by atoms with E-state index in [4.69, 9.17) is 9.47 Å². The third-order valence-corrected chi connectivity index (χ3v) is 4.15. The van der Waals surface area contributed by atoms with Crippen molar-refractivity contribution in [1.29, 1.82) is 0 Å². The molecule has 0 aliphatic rings. The summed E-state index contributed by atoms with van der Waals surface area (Å²) in [6.45, 7) is 2.09. The highest BCUT2D eigenvalue weighted by Gasteiger charge is 2.15. The summed E-state index contributed by atoms with van der Waals surface area (Å²) in [5.74, 6) is 0.987. The average molecular weight is 350 g/mol. The lowest BCUT2D eigenvalue weighted by molar-refractivity contribution is -0.129. The molecule has 0 saturated heterocycles. The van der Waals surface area contributed by atoms with Crippen molar-refractivity contribution in [2.24, 2.45) is 0 Å². The van der Waals surface area contributed by atoms with Gasteiger partial charge in [0, 0.05) is 32.9 Å². The number of amides is 1. The topological polar surface area (TPSA) is 80.3 Å². The number of ether oxygens (including phenoxy) is 2. The molecule has 0 unspecified atom stereocenters. The maximum absolute atomic E-state index is 12.3. The molecule has 0 atom stereocenters. The molecular formula is C16H22N4O3S. The Morgan fingerprint density at radius 3 is 2.46 bits per heavy atom. The largest absolute Gasteiger partial charge is 0.383 e. The van der Waals surface area contributed by atoms with Gasteiger partial charge in [0.15, 0.2) is 5.82 Å². The molecule has 0 aliphatic heterocycles. The van der Waals surface area contributed by atoms with Crippen molar-refractivity contribution in [3.8, 4) is 11.4 Å². The Kier molecular flexibility index (Phi) is 7.73. The zero-order chi connectivity index (χ0) is 17.2. The van der Waals surface area contributed by atoms with E-state index in [-0.39, 0.29) is 11.7 Å². The number of hydrogen-bond donors (Lipinski definition) is 1. The van der Waals surface area contributed by atoms with E-state index in [0.29, 0.717) is 37.3 Å². The second kappa shape index (κ2) is 10.1. The van der Waals surface area contributed by atoms with Crippen LogP contribution in [0.5, 0.6) is 0 Å². The first-order valence-corrected chi connectivity index (χ1v) is 8.59. The van der Waals surface area contributed by atoms with Crippen molar-refractivity contribution < 1.29 is 14.3 Å². The second-order valence-electron chi connectivity index (χ2n) is 4.99. The van der Waals surface area contributed by atoms with Crippen molar-refractivity contribution in [2.75, 3.05) is 46.3 Å². The van der Waals surface area contributed by atoms with Gasteiger partial charge in [-0.25, -0.2) is 4.98 Å². The molecule has 24 heavy (non-hydrogen) atoms. The number of benzene rings is 1. The van der Waals surface area contributed by atoms with Gasteiger partial charge in [0.2, 0.25) is 11.1 Å². The smallest absolute Gasteiger partial charge is 0.233 e. The third-order valence-electron chi connectivity index (χ3n) is 3.32. The molecule has 130 valence electrons. The molecular weight excluding hydrogens is 328 g/mol. The van der Waals surface area contributed by atoms with Crippen molar-refractivity contribution in [3.05, 3.63) is 30.3 Å².